The number of carbonyl (C=O) groups excluding carboxylic acids is 2. The molecule has 3 rings (SSSR count). The predicted molar refractivity (Wildman–Crippen MR) is 128 cm³/mol. The lowest BCUT2D eigenvalue weighted by Crippen LogP contribution is -2.13. The highest BCUT2D eigenvalue weighted by Crippen LogP contribution is 2.39. The summed E-state index contributed by atoms with van der Waals surface area (Å²) < 4.78 is 23.1. The van der Waals surface area contributed by atoms with Crippen LogP contribution in [0.5, 0.6) is 17.2 Å². The summed E-state index contributed by atoms with van der Waals surface area (Å²) in [7, 11) is 0. The van der Waals surface area contributed by atoms with E-state index in [1.807, 2.05) is 20.8 Å². The van der Waals surface area contributed by atoms with Crippen LogP contribution in [0.2, 0.25) is 0 Å². The minimum atomic E-state index is -0.396. The van der Waals surface area contributed by atoms with Gasteiger partial charge in [0.05, 0.1) is 41.7 Å². The maximum absolute atomic E-state index is 13.0. The molecule has 0 bridgehead atoms. The zero-order chi connectivity index (χ0) is 24.0. The molecule has 0 atom stereocenters. The van der Waals surface area contributed by atoms with Gasteiger partial charge < -0.3 is 18.9 Å². The Labute approximate surface area is 196 Å². The maximum Gasteiger partial charge on any atom is 0.338 e. The molecule has 3 aromatic rings. The molecule has 0 aliphatic carbocycles. The number of thiazole rings is 1. The number of hydrogen-bond donors (Lipinski definition) is 1. The van der Waals surface area contributed by atoms with E-state index < -0.39 is 5.97 Å². The largest absolute Gasteiger partial charge is 0.490 e. The van der Waals surface area contributed by atoms with Gasteiger partial charge in [-0.15, -0.1) is 0 Å². The second-order valence-corrected chi connectivity index (χ2v) is 8.24. The average molecular weight is 473 g/mol. The SMILES string of the molecule is CCOc1cc(C(=O)Nc2nc3ccc(C(=O)OC(C)C)cc3s2)cc(OCC)c1OCC. The molecule has 9 heteroatoms. The number of fused-ring (bicyclic) bond motifs is 1. The summed E-state index contributed by atoms with van der Waals surface area (Å²) in [5.41, 5.74) is 1.46. The molecule has 0 spiro atoms. The van der Waals surface area contributed by atoms with Gasteiger partial charge in [0.15, 0.2) is 16.6 Å². The Morgan fingerprint density at radius 1 is 0.939 bits per heavy atom. The molecule has 0 fully saturated rings. The Morgan fingerprint density at radius 3 is 2.15 bits per heavy atom. The first-order valence-electron chi connectivity index (χ1n) is 10.9. The summed E-state index contributed by atoms with van der Waals surface area (Å²) in [6.07, 6.45) is -0.207. The molecule has 1 amide bonds. The summed E-state index contributed by atoms with van der Waals surface area (Å²) in [5.74, 6) is 0.588. The third-order valence-electron chi connectivity index (χ3n) is 4.36. The number of nitrogens with zero attached hydrogens (tertiary/aromatic N) is 1. The van der Waals surface area contributed by atoms with Crippen molar-refractivity contribution in [2.75, 3.05) is 25.1 Å². The van der Waals surface area contributed by atoms with Crippen molar-refractivity contribution in [1.82, 2.24) is 4.98 Å². The number of ether oxygens (including phenoxy) is 4. The van der Waals surface area contributed by atoms with E-state index in [1.54, 1.807) is 44.2 Å². The molecule has 33 heavy (non-hydrogen) atoms. The molecule has 0 saturated heterocycles. The molecule has 0 aliphatic heterocycles. The number of amides is 1. The van der Waals surface area contributed by atoms with E-state index in [0.29, 0.717) is 58.8 Å². The van der Waals surface area contributed by atoms with Crippen LogP contribution < -0.4 is 19.5 Å². The van der Waals surface area contributed by atoms with Gasteiger partial charge >= 0.3 is 5.97 Å². The number of nitrogens with one attached hydrogen (secondary N) is 1. The molecule has 1 N–H and O–H groups in total. The van der Waals surface area contributed by atoms with Crippen LogP contribution in [0.3, 0.4) is 0 Å². The van der Waals surface area contributed by atoms with Gasteiger partial charge in [0.1, 0.15) is 0 Å². The lowest BCUT2D eigenvalue weighted by molar-refractivity contribution is 0.0378. The number of carbonyl (C=O) groups is 2. The first kappa shape index (κ1) is 24.3. The monoisotopic (exact) mass is 472 g/mol. The Morgan fingerprint density at radius 2 is 1.58 bits per heavy atom. The molecule has 8 nitrogen and oxygen atoms in total. The predicted octanol–water partition coefficient (Wildman–Crippen LogP) is 5.31. The van der Waals surface area contributed by atoms with Crippen molar-refractivity contribution < 1.29 is 28.5 Å². The second-order valence-electron chi connectivity index (χ2n) is 7.21. The molecule has 0 unspecified atom stereocenters. The Kier molecular flexibility index (Phi) is 8.11. The van der Waals surface area contributed by atoms with Gasteiger partial charge in [-0.05, 0) is 65.0 Å². The molecular formula is C24H28N2O6S. The molecular weight excluding hydrogens is 444 g/mol. The van der Waals surface area contributed by atoms with Crippen LogP contribution in [0.25, 0.3) is 10.2 Å². The van der Waals surface area contributed by atoms with Crippen molar-refractivity contribution in [3.05, 3.63) is 41.5 Å². The standard InChI is InChI=1S/C24H28N2O6S/c1-6-29-18-11-16(12-19(30-7-2)21(18)31-8-3)22(27)26-24-25-17-10-9-15(13-20(17)33-24)23(28)32-14(4)5/h9-14H,6-8H2,1-5H3,(H,25,26,27). The summed E-state index contributed by atoms with van der Waals surface area (Å²) in [6.45, 7) is 10.4. The summed E-state index contributed by atoms with van der Waals surface area (Å²) >= 11 is 1.27. The highest BCUT2D eigenvalue weighted by molar-refractivity contribution is 7.22. The van der Waals surface area contributed by atoms with Crippen molar-refractivity contribution in [1.29, 1.82) is 0 Å². The van der Waals surface area contributed by atoms with Crippen LogP contribution in [0.1, 0.15) is 55.3 Å². The van der Waals surface area contributed by atoms with Crippen LogP contribution in [0.4, 0.5) is 5.13 Å². The number of hydrogen-bond acceptors (Lipinski definition) is 8. The minimum Gasteiger partial charge on any atom is -0.490 e. The molecule has 0 saturated carbocycles. The van der Waals surface area contributed by atoms with E-state index in [-0.39, 0.29) is 12.0 Å². The molecule has 176 valence electrons. The van der Waals surface area contributed by atoms with E-state index in [1.165, 1.54) is 11.3 Å². The number of aromatic nitrogens is 1. The Balaban J connectivity index is 1.87. The smallest absolute Gasteiger partial charge is 0.338 e. The lowest BCUT2D eigenvalue weighted by atomic mass is 10.1. The van der Waals surface area contributed by atoms with Crippen molar-refractivity contribution in [2.45, 2.75) is 40.7 Å². The van der Waals surface area contributed by atoms with Gasteiger partial charge in [0.25, 0.3) is 5.91 Å². The summed E-state index contributed by atoms with van der Waals surface area (Å²) in [5, 5.41) is 3.23. The maximum atomic E-state index is 13.0. The van der Waals surface area contributed by atoms with E-state index in [4.69, 9.17) is 18.9 Å². The molecule has 2 aromatic carbocycles. The number of anilines is 1. The van der Waals surface area contributed by atoms with Crippen LogP contribution in [0.15, 0.2) is 30.3 Å². The van der Waals surface area contributed by atoms with Gasteiger partial charge in [-0.1, -0.05) is 11.3 Å². The van der Waals surface area contributed by atoms with Gasteiger partial charge in [-0.3, -0.25) is 10.1 Å². The highest BCUT2D eigenvalue weighted by atomic mass is 32.1. The zero-order valence-electron chi connectivity index (χ0n) is 19.4. The van der Waals surface area contributed by atoms with Crippen molar-refractivity contribution in [3.8, 4) is 17.2 Å². The van der Waals surface area contributed by atoms with Crippen LogP contribution in [-0.4, -0.2) is 42.8 Å². The van der Waals surface area contributed by atoms with E-state index in [0.717, 1.165) is 4.70 Å². The van der Waals surface area contributed by atoms with E-state index >= 15 is 0 Å². The fourth-order valence-corrected chi connectivity index (χ4v) is 3.98. The molecule has 0 radical (unpaired) electrons. The molecule has 1 aromatic heterocycles. The van der Waals surface area contributed by atoms with Crippen molar-refractivity contribution >= 4 is 38.6 Å². The summed E-state index contributed by atoms with van der Waals surface area (Å²) in [4.78, 5) is 29.6. The second kappa shape index (κ2) is 11.0. The first-order chi connectivity index (χ1) is 15.9. The molecule has 1 heterocycles. The number of rotatable bonds is 10. The Bertz CT molecular complexity index is 1110. The van der Waals surface area contributed by atoms with Gasteiger partial charge in [0, 0.05) is 5.56 Å². The normalized spacial score (nSPS) is 10.8. The average Bonchev–Trinajstić information content (AvgIpc) is 3.17. The zero-order valence-corrected chi connectivity index (χ0v) is 20.2. The van der Waals surface area contributed by atoms with Gasteiger partial charge in [-0.25, -0.2) is 9.78 Å². The highest BCUT2D eigenvalue weighted by Gasteiger charge is 2.20. The van der Waals surface area contributed by atoms with E-state index in [9.17, 15) is 9.59 Å². The first-order valence-corrected chi connectivity index (χ1v) is 11.7. The third-order valence-corrected chi connectivity index (χ3v) is 5.29. The van der Waals surface area contributed by atoms with Crippen LogP contribution in [0, 0.1) is 0 Å². The van der Waals surface area contributed by atoms with Crippen molar-refractivity contribution in [2.24, 2.45) is 0 Å². The summed E-state index contributed by atoms with van der Waals surface area (Å²) in [6, 6.07) is 8.35. The number of esters is 1. The van der Waals surface area contributed by atoms with E-state index in [2.05, 4.69) is 10.3 Å². The van der Waals surface area contributed by atoms with Crippen molar-refractivity contribution in [3.63, 3.8) is 0 Å². The minimum absolute atomic E-state index is 0.207. The van der Waals surface area contributed by atoms with Gasteiger partial charge in [0.2, 0.25) is 5.75 Å². The quantitative estimate of drug-likeness (QED) is 0.400. The van der Waals surface area contributed by atoms with Gasteiger partial charge in [-0.2, -0.15) is 0 Å². The fourth-order valence-electron chi connectivity index (χ4n) is 3.08. The fraction of sp³-hybridized carbons (Fsp3) is 0.375. The topological polar surface area (TPSA) is 96.0 Å². The Hall–Kier alpha value is -3.33. The van der Waals surface area contributed by atoms with Crippen LogP contribution >= 0.6 is 11.3 Å². The number of benzene rings is 2. The molecule has 0 aliphatic rings. The lowest BCUT2D eigenvalue weighted by Gasteiger charge is -2.16. The van der Waals surface area contributed by atoms with Crippen LogP contribution in [-0.2, 0) is 4.74 Å². The third kappa shape index (κ3) is 5.92.